The van der Waals surface area contributed by atoms with E-state index in [1.807, 2.05) is 54.6 Å². The van der Waals surface area contributed by atoms with Crippen molar-refractivity contribution in [2.24, 2.45) is 0 Å². The molecule has 0 aliphatic carbocycles. The van der Waals surface area contributed by atoms with Crippen molar-refractivity contribution >= 4 is 33.5 Å². The first-order chi connectivity index (χ1) is 8.27. The van der Waals surface area contributed by atoms with Gasteiger partial charge in [-0.15, -0.1) is 11.8 Å². The minimum atomic E-state index is 0.159. The van der Waals surface area contributed by atoms with Crippen molar-refractivity contribution in [1.82, 2.24) is 0 Å². The summed E-state index contributed by atoms with van der Waals surface area (Å²) in [4.78, 5) is 13.0. The molecule has 2 rings (SSSR count). The number of Topliss-reactive ketones (excluding diaryl/α,β-unsaturated/α-hetero) is 1. The Morgan fingerprint density at radius 1 is 1.00 bits per heavy atom. The Morgan fingerprint density at radius 3 is 2.35 bits per heavy atom. The molecule has 17 heavy (non-hydrogen) atoms. The zero-order valence-corrected chi connectivity index (χ0v) is 11.5. The average Bonchev–Trinajstić information content (AvgIpc) is 2.38. The molecule has 0 N–H and O–H groups in total. The molecule has 2 aromatic rings. The predicted molar refractivity (Wildman–Crippen MR) is 75.6 cm³/mol. The van der Waals surface area contributed by atoms with Crippen molar-refractivity contribution in [1.29, 1.82) is 0 Å². The van der Waals surface area contributed by atoms with Crippen LogP contribution in [-0.2, 0) is 0 Å². The summed E-state index contributed by atoms with van der Waals surface area (Å²) in [5, 5.41) is 0. The second kappa shape index (κ2) is 6.03. The van der Waals surface area contributed by atoms with E-state index in [0.717, 1.165) is 14.9 Å². The molecule has 86 valence electrons. The monoisotopic (exact) mass is 306 g/mol. The van der Waals surface area contributed by atoms with E-state index in [4.69, 9.17) is 0 Å². The molecule has 1 nitrogen and oxygen atoms in total. The molecule has 0 radical (unpaired) electrons. The maximum Gasteiger partial charge on any atom is 0.173 e. The third kappa shape index (κ3) is 3.45. The Labute approximate surface area is 113 Å². The average molecular weight is 307 g/mol. The molecule has 0 spiro atoms. The van der Waals surface area contributed by atoms with Crippen LogP contribution in [0.2, 0.25) is 0 Å². The molecule has 0 saturated carbocycles. The predicted octanol–water partition coefficient (Wildman–Crippen LogP) is 4.42. The van der Waals surface area contributed by atoms with E-state index in [9.17, 15) is 4.79 Å². The lowest BCUT2D eigenvalue weighted by Gasteiger charge is -2.03. The lowest BCUT2D eigenvalue weighted by molar-refractivity contribution is 0.102. The topological polar surface area (TPSA) is 17.1 Å². The van der Waals surface area contributed by atoms with E-state index in [1.165, 1.54) is 0 Å². The molecule has 0 aliphatic heterocycles. The van der Waals surface area contributed by atoms with Gasteiger partial charge in [-0.2, -0.15) is 0 Å². The Kier molecular flexibility index (Phi) is 4.40. The van der Waals surface area contributed by atoms with Gasteiger partial charge in [0, 0.05) is 14.9 Å². The van der Waals surface area contributed by atoms with Crippen molar-refractivity contribution in [3.63, 3.8) is 0 Å². The van der Waals surface area contributed by atoms with Gasteiger partial charge < -0.3 is 0 Å². The molecule has 0 aliphatic rings. The number of rotatable bonds is 4. The van der Waals surface area contributed by atoms with Crippen molar-refractivity contribution in [3.05, 3.63) is 64.6 Å². The zero-order chi connectivity index (χ0) is 12.1. The molecule has 0 bridgehead atoms. The summed E-state index contributed by atoms with van der Waals surface area (Å²) in [6.45, 7) is 0. The molecule has 0 unspecified atom stereocenters. The number of halogens is 1. The summed E-state index contributed by atoms with van der Waals surface area (Å²) in [6, 6.07) is 17.3. The zero-order valence-electron chi connectivity index (χ0n) is 9.10. The highest BCUT2D eigenvalue weighted by molar-refractivity contribution is 9.10. The number of carbonyl (C=O) groups is 1. The number of benzene rings is 2. The van der Waals surface area contributed by atoms with Crippen LogP contribution in [0.25, 0.3) is 0 Å². The van der Waals surface area contributed by atoms with Crippen LogP contribution in [0.3, 0.4) is 0 Å². The summed E-state index contributed by atoms with van der Waals surface area (Å²) in [5.41, 5.74) is 0.770. The van der Waals surface area contributed by atoms with E-state index >= 15 is 0 Å². The van der Waals surface area contributed by atoms with E-state index in [0.29, 0.717) is 5.75 Å². The van der Waals surface area contributed by atoms with Gasteiger partial charge >= 0.3 is 0 Å². The molecular weight excluding hydrogens is 296 g/mol. The van der Waals surface area contributed by atoms with E-state index < -0.39 is 0 Å². The van der Waals surface area contributed by atoms with Gasteiger partial charge in [-0.05, 0) is 28.1 Å². The van der Waals surface area contributed by atoms with Crippen molar-refractivity contribution in [3.8, 4) is 0 Å². The third-order valence-electron chi connectivity index (χ3n) is 2.29. The summed E-state index contributed by atoms with van der Waals surface area (Å²) in [5.74, 6) is 0.624. The summed E-state index contributed by atoms with van der Waals surface area (Å²) < 4.78 is 1.03. The molecule has 0 atom stereocenters. The highest BCUT2D eigenvalue weighted by Gasteiger charge is 2.07. The van der Waals surface area contributed by atoms with Crippen LogP contribution >= 0.6 is 27.7 Å². The van der Waals surface area contributed by atoms with Gasteiger partial charge in [0.2, 0.25) is 0 Å². The number of hydrogen-bond acceptors (Lipinski definition) is 2. The van der Waals surface area contributed by atoms with Gasteiger partial charge in [-0.3, -0.25) is 4.79 Å². The van der Waals surface area contributed by atoms with Crippen molar-refractivity contribution < 1.29 is 4.79 Å². The second-order valence-corrected chi connectivity index (χ2v) is 5.38. The van der Waals surface area contributed by atoms with Crippen LogP contribution in [0, 0.1) is 0 Å². The van der Waals surface area contributed by atoms with Gasteiger partial charge in [0.1, 0.15) is 0 Å². The highest BCUT2D eigenvalue weighted by Crippen LogP contribution is 2.27. The fourth-order valence-corrected chi connectivity index (χ4v) is 2.87. The molecular formula is C14H11BrOS. The molecule has 0 saturated heterocycles. The van der Waals surface area contributed by atoms with E-state index in [-0.39, 0.29) is 5.78 Å². The minimum Gasteiger partial charge on any atom is -0.293 e. The largest absolute Gasteiger partial charge is 0.293 e. The lowest BCUT2D eigenvalue weighted by atomic mass is 10.2. The van der Waals surface area contributed by atoms with Crippen LogP contribution in [0.4, 0.5) is 0 Å². The third-order valence-corrected chi connectivity index (χ3v) is 4.32. The standard InChI is InChI=1S/C14H11BrOS/c15-12-8-4-5-9-14(12)17-10-13(16)11-6-2-1-3-7-11/h1-9H,10H2. The summed E-state index contributed by atoms with van der Waals surface area (Å²) in [6.07, 6.45) is 0. The van der Waals surface area contributed by atoms with Gasteiger partial charge in [0.25, 0.3) is 0 Å². The van der Waals surface area contributed by atoms with Gasteiger partial charge in [-0.25, -0.2) is 0 Å². The van der Waals surface area contributed by atoms with Gasteiger partial charge in [0.15, 0.2) is 5.78 Å². The Hall–Kier alpha value is -1.06. The van der Waals surface area contributed by atoms with Crippen LogP contribution in [0.5, 0.6) is 0 Å². The summed E-state index contributed by atoms with van der Waals surface area (Å²) >= 11 is 5.02. The van der Waals surface area contributed by atoms with Crippen LogP contribution in [-0.4, -0.2) is 11.5 Å². The second-order valence-electron chi connectivity index (χ2n) is 3.51. The SMILES string of the molecule is O=C(CSc1ccccc1Br)c1ccccc1. The summed E-state index contributed by atoms with van der Waals surface area (Å²) in [7, 11) is 0. The maximum atomic E-state index is 11.9. The first-order valence-electron chi connectivity index (χ1n) is 5.23. The quantitative estimate of drug-likeness (QED) is 0.614. The molecule has 0 fully saturated rings. The van der Waals surface area contributed by atoms with Gasteiger partial charge in [-0.1, -0.05) is 42.5 Å². The van der Waals surface area contributed by atoms with Crippen molar-refractivity contribution in [2.45, 2.75) is 4.90 Å². The highest BCUT2D eigenvalue weighted by atomic mass is 79.9. The molecule has 2 aromatic carbocycles. The molecule has 0 heterocycles. The first kappa shape index (κ1) is 12.4. The van der Waals surface area contributed by atoms with Crippen LogP contribution in [0.1, 0.15) is 10.4 Å². The van der Waals surface area contributed by atoms with E-state index in [1.54, 1.807) is 11.8 Å². The van der Waals surface area contributed by atoms with Gasteiger partial charge in [0.05, 0.1) is 5.75 Å². The molecule has 3 heteroatoms. The number of carbonyl (C=O) groups excluding carboxylic acids is 1. The van der Waals surface area contributed by atoms with Crippen LogP contribution in [0.15, 0.2) is 64.0 Å². The van der Waals surface area contributed by atoms with Crippen LogP contribution < -0.4 is 0 Å². The van der Waals surface area contributed by atoms with Crippen molar-refractivity contribution in [2.75, 3.05) is 5.75 Å². The first-order valence-corrected chi connectivity index (χ1v) is 7.01. The smallest absolute Gasteiger partial charge is 0.173 e. The minimum absolute atomic E-state index is 0.159. The number of ketones is 1. The molecule has 0 aromatic heterocycles. The normalized spacial score (nSPS) is 10.2. The maximum absolute atomic E-state index is 11.9. The Bertz CT molecular complexity index is 511. The molecule has 0 amide bonds. The Morgan fingerprint density at radius 2 is 1.65 bits per heavy atom. The lowest BCUT2D eigenvalue weighted by Crippen LogP contribution is -2.01. The fraction of sp³-hybridized carbons (Fsp3) is 0.0714. The number of hydrogen-bond donors (Lipinski definition) is 0. The fourth-order valence-electron chi connectivity index (χ4n) is 1.41. The number of thioether (sulfide) groups is 1. The Balaban J connectivity index is 2.00. The van der Waals surface area contributed by atoms with E-state index in [2.05, 4.69) is 15.9 Å².